The highest BCUT2D eigenvalue weighted by atomic mass is 16.2. The normalized spacial score (nSPS) is 25.1. The Morgan fingerprint density at radius 1 is 0.903 bits per heavy atom. The molecular formula is C25H38N4O2. The Morgan fingerprint density at radius 2 is 1.58 bits per heavy atom. The predicted octanol–water partition coefficient (Wildman–Crippen LogP) is 2.84. The molecule has 0 aromatic heterocycles. The van der Waals surface area contributed by atoms with Gasteiger partial charge in [0.05, 0.1) is 13.1 Å². The number of para-hydroxylation sites is 1. The average Bonchev–Trinajstić information content (AvgIpc) is 2.80. The Hall–Kier alpha value is -1.92. The molecule has 1 N–H and O–H groups in total. The Kier molecular flexibility index (Phi) is 7.62. The second-order valence-corrected chi connectivity index (χ2v) is 9.54. The number of nitrogens with one attached hydrogen (secondary N) is 1. The number of anilines is 1. The van der Waals surface area contributed by atoms with E-state index in [4.69, 9.17) is 0 Å². The van der Waals surface area contributed by atoms with Gasteiger partial charge in [0.2, 0.25) is 11.8 Å². The molecule has 0 unspecified atom stereocenters. The van der Waals surface area contributed by atoms with Crippen molar-refractivity contribution < 1.29 is 9.59 Å². The maximum atomic E-state index is 12.9. The van der Waals surface area contributed by atoms with Crippen LogP contribution in [0, 0.1) is 11.8 Å². The Morgan fingerprint density at radius 3 is 2.32 bits per heavy atom. The number of benzene rings is 1. The minimum atomic E-state index is 0.0424. The van der Waals surface area contributed by atoms with Crippen molar-refractivity contribution in [3.05, 3.63) is 29.8 Å². The van der Waals surface area contributed by atoms with Gasteiger partial charge < -0.3 is 10.2 Å². The molecule has 1 aliphatic carbocycles. The summed E-state index contributed by atoms with van der Waals surface area (Å²) in [5.74, 6) is 1.93. The topological polar surface area (TPSA) is 55.9 Å². The molecule has 6 heteroatoms. The lowest BCUT2D eigenvalue weighted by molar-refractivity contribution is -0.136. The molecule has 2 saturated heterocycles. The molecular weight excluding hydrogens is 388 g/mol. The number of aryl methyl sites for hydroxylation is 1. The van der Waals surface area contributed by atoms with E-state index in [2.05, 4.69) is 33.0 Å². The molecule has 0 spiro atoms. The van der Waals surface area contributed by atoms with Crippen LogP contribution in [0.2, 0.25) is 0 Å². The van der Waals surface area contributed by atoms with E-state index in [9.17, 15) is 9.59 Å². The molecule has 31 heavy (non-hydrogen) atoms. The summed E-state index contributed by atoms with van der Waals surface area (Å²) in [5.41, 5.74) is 2.08. The first-order chi connectivity index (χ1) is 15.1. The van der Waals surface area contributed by atoms with E-state index in [1.807, 2.05) is 18.2 Å². The Balaban J connectivity index is 1.18. The fourth-order valence-electron chi connectivity index (χ4n) is 5.57. The van der Waals surface area contributed by atoms with Gasteiger partial charge in [0.25, 0.3) is 0 Å². The molecule has 170 valence electrons. The number of piperazine rings is 1. The zero-order chi connectivity index (χ0) is 21.6. The monoisotopic (exact) mass is 426 g/mol. The maximum Gasteiger partial charge on any atom is 0.238 e. The first-order valence-electron chi connectivity index (χ1n) is 12.2. The van der Waals surface area contributed by atoms with Crippen LogP contribution in [0.5, 0.6) is 0 Å². The molecule has 4 rings (SSSR count). The van der Waals surface area contributed by atoms with Gasteiger partial charge in [-0.3, -0.25) is 19.4 Å². The highest BCUT2D eigenvalue weighted by Gasteiger charge is 2.33. The number of piperidine rings is 1. The molecule has 2 heterocycles. The van der Waals surface area contributed by atoms with Crippen LogP contribution in [0.15, 0.2) is 24.3 Å². The molecule has 2 atom stereocenters. The number of amides is 2. The number of hydrogen-bond donors (Lipinski definition) is 1. The van der Waals surface area contributed by atoms with Crippen LogP contribution in [0.25, 0.3) is 0 Å². The highest BCUT2D eigenvalue weighted by molar-refractivity contribution is 5.93. The summed E-state index contributed by atoms with van der Waals surface area (Å²) in [6.45, 7) is 8.33. The SMILES string of the molecule is CCc1ccccc1NC(=O)CN1CCN(CC(=O)N2CC[C@H]3CCCC[C@@H]3C2)CC1. The zero-order valence-electron chi connectivity index (χ0n) is 19.0. The molecule has 1 aromatic carbocycles. The van der Waals surface area contributed by atoms with Crippen molar-refractivity contribution >= 4 is 17.5 Å². The summed E-state index contributed by atoms with van der Waals surface area (Å²) in [6, 6.07) is 7.99. The fraction of sp³-hybridized carbons (Fsp3) is 0.680. The van der Waals surface area contributed by atoms with Crippen molar-refractivity contribution in [2.75, 3.05) is 57.7 Å². The van der Waals surface area contributed by atoms with Crippen LogP contribution in [0.3, 0.4) is 0 Å². The van der Waals surface area contributed by atoms with Crippen LogP contribution >= 0.6 is 0 Å². The zero-order valence-corrected chi connectivity index (χ0v) is 19.0. The highest BCUT2D eigenvalue weighted by Crippen LogP contribution is 2.36. The number of carbonyl (C=O) groups excluding carboxylic acids is 2. The van der Waals surface area contributed by atoms with E-state index in [0.29, 0.717) is 19.0 Å². The number of carbonyl (C=O) groups is 2. The summed E-state index contributed by atoms with van der Waals surface area (Å²) in [7, 11) is 0. The lowest BCUT2D eigenvalue weighted by Crippen LogP contribution is -2.53. The van der Waals surface area contributed by atoms with Crippen LogP contribution in [0.1, 0.15) is 44.6 Å². The summed E-state index contributed by atoms with van der Waals surface area (Å²) in [5, 5.41) is 3.06. The van der Waals surface area contributed by atoms with Gasteiger partial charge in [-0.05, 0) is 42.7 Å². The Bertz CT molecular complexity index is 760. The number of likely N-dealkylation sites (tertiary alicyclic amines) is 1. The minimum Gasteiger partial charge on any atom is -0.341 e. The van der Waals surface area contributed by atoms with E-state index < -0.39 is 0 Å². The van der Waals surface area contributed by atoms with Crippen LogP contribution in [-0.4, -0.2) is 78.9 Å². The van der Waals surface area contributed by atoms with E-state index in [-0.39, 0.29) is 5.91 Å². The second-order valence-electron chi connectivity index (χ2n) is 9.54. The fourth-order valence-corrected chi connectivity index (χ4v) is 5.57. The number of rotatable bonds is 6. The first kappa shape index (κ1) is 22.3. The molecule has 1 saturated carbocycles. The second kappa shape index (κ2) is 10.6. The molecule has 0 bridgehead atoms. The standard InChI is InChI=1S/C25H38N4O2/c1-2-20-7-5-6-10-23(20)26-24(30)18-27-13-15-28(16-14-27)19-25(31)29-12-11-21-8-3-4-9-22(21)17-29/h5-7,10,21-22H,2-4,8-9,11-19H2,1H3,(H,26,30)/t21-,22-/m1/s1. The molecule has 1 aromatic rings. The van der Waals surface area contributed by atoms with Gasteiger partial charge in [0.1, 0.15) is 0 Å². The van der Waals surface area contributed by atoms with Gasteiger partial charge in [-0.25, -0.2) is 0 Å². The predicted molar refractivity (Wildman–Crippen MR) is 124 cm³/mol. The molecule has 3 fully saturated rings. The number of nitrogens with zero attached hydrogens (tertiary/aromatic N) is 3. The average molecular weight is 427 g/mol. The van der Waals surface area contributed by atoms with Crippen molar-refractivity contribution in [2.24, 2.45) is 11.8 Å². The summed E-state index contributed by atoms with van der Waals surface area (Å²) < 4.78 is 0. The van der Waals surface area contributed by atoms with Gasteiger partial charge >= 0.3 is 0 Å². The van der Waals surface area contributed by atoms with Crippen LogP contribution < -0.4 is 5.32 Å². The van der Waals surface area contributed by atoms with Crippen molar-refractivity contribution in [1.29, 1.82) is 0 Å². The van der Waals surface area contributed by atoms with E-state index in [1.54, 1.807) is 0 Å². The van der Waals surface area contributed by atoms with E-state index in [1.165, 1.54) is 32.1 Å². The molecule has 6 nitrogen and oxygen atoms in total. The summed E-state index contributed by atoms with van der Waals surface area (Å²) in [6.07, 6.45) is 7.48. The summed E-state index contributed by atoms with van der Waals surface area (Å²) in [4.78, 5) is 31.9. The van der Waals surface area contributed by atoms with Gasteiger partial charge in [0, 0.05) is 45.0 Å². The Labute approximate surface area is 187 Å². The van der Waals surface area contributed by atoms with Crippen LogP contribution in [0.4, 0.5) is 5.69 Å². The maximum absolute atomic E-state index is 12.9. The van der Waals surface area contributed by atoms with Gasteiger partial charge in [0.15, 0.2) is 0 Å². The van der Waals surface area contributed by atoms with Crippen molar-refractivity contribution in [2.45, 2.75) is 45.4 Å². The molecule has 2 amide bonds. The molecule has 2 aliphatic heterocycles. The van der Waals surface area contributed by atoms with E-state index in [0.717, 1.165) is 68.8 Å². The summed E-state index contributed by atoms with van der Waals surface area (Å²) >= 11 is 0. The first-order valence-corrected chi connectivity index (χ1v) is 12.2. The molecule has 0 radical (unpaired) electrons. The third-order valence-corrected chi connectivity index (χ3v) is 7.51. The smallest absolute Gasteiger partial charge is 0.238 e. The lowest BCUT2D eigenvalue weighted by atomic mass is 9.75. The van der Waals surface area contributed by atoms with Crippen molar-refractivity contribution in [3.8, 4) is 0 Å². The largest absolute Gasteiger partial charge is 0.341 e. The van der Waals surface area contributed by atoms with Crippen molar-refractivity contribution in [3.63, 3.8) is 0 Å². The van der Waals surface area contributed by atoms with Crippen LogP contribution in [-0.2, 0) is 16.0 Å². The third kappa shape index (κ3) is 5.86. The quantitative estimate of drug-likeness (QED) is 0.760. The van der Waals surface area contributed by atoms with Gasteiger partial charge in [-0.2, -0.15) is 0 Å². The third-order valence-electron chi connectivity index (χ3n) is 7.51. The molecule has 3 aliphatic rings. The number of fused-ring (bicyclic) bond motifs is 1. The number of hydrogen-bond acceptors (Lipinski definition) is 4. The minimum absolute atomic E-state index is 0.0424. The van der Waals surface area contributed by atoms with Crippen molar-refractivity contribution in [1.82, 2.24) is 14.7 Å². The lowest BCUT2D eigenvalue weighted by Gasteiger charge is -2.42. The van der Waals surface area contributed by atoms with Gasteiger partial charge in [-0.1, -0.05) is 44.4 Å². The van der Waals surface area contributed by atoms with Gasteiger partial charge in [-0.15, -0.1) is 0 Å². The van der Waals surface area contributed by atoms with E-state index >= 15 is 0 Å².